The van der Waals surface area contributed by atoms with Gasteiger partial charge >= 0.3 is 12.2 Å². The molecule has 1 aliphatic rings. The third-order valence-corrected chi connectivity index (χ3v) is 3.71. The Morgan fingerprint density at radius 1 is 0.960 bits per heavy atom. The fourth-order valence-corrected chi connectivity index (χ4v) is 2.65. The molecular formula is C18H34N2O5. The lowest BCUT2D eigenvalue weighted by molar-refractivity contribution is -0.0162. The summed E-state index contributed by atoms with van der Waals surface area (Å²) in [5, 5.41) is 9.00. The molecule has 1 aliphatic heterocycles. The van der Waals surface area contributed by atoms with Gasteiger partial charge in [-0.2, -0.15) is 0 Å². The topological polar surface area (TPSA) is 79.3 Å². The Morgan fingerprint density at radius 3 is 2.04 bits per heavy atom. The second kappa shape index (κ2) is 8.74. The maximum atomic E-state index is 12.5. The Kier molecular flexibility index (Phi) is 7.53. The van der Waals surface area contributed by atoms with E-state index in [0.29, 0.717) is 32.5 Å². The molecule has 1 rings (SSSR count). The van der Waals surface area contributed by atoms with Gasteiger partial charge in [0, 0.05) is 26.2 Å². The number of rotatable bonds is 4. The first-order chi connectivity index (χ1) is 11.4. The number of hydrogen-bond acceptors (Lipinski definition) is 5. The van der Waals surface area contributed by atoms with E-state index in [-0.39, 0.29) is 24.8 Å². The van der Waals surface area contributed by atoms with Crippen molar-refractivity contribution in [3.63, 3.8) is 0 Å². The largest absolute Gasteiger partial charge is 0.444 e. The van der Waals surface area contributed by atoms with Crippen molar-refractivity contribution >= 4 is 12.2 Å². The highest BCUT2D eigenvalue weighted by molar-refractivity contribution is 5.71. The molecule has 0 aliphatic carbocycles. The molecule has 0 aromatic rings. The fraction of sp³-hybridized carbons (Fsp3) is 0.889. The standard InChI is InChI=1S/C18H34N2O5/c1-17(2,3)24-15(22)19-10-11-20(16(23)25-18(4,5)6)14(13-19)9-7-8-12-21/h14,21H,7-13H2,1-6H3/t14-/m0/s1. The van der Waals surface area contributed by atoms with Gasteiger partial charge in [-0.15, -0.1) is 0 Å². The van der Waals surface area contributed by atoms with E-state index in [9.17, 15) is 9.59 Å². The van der Waals surface area contributed by atoms with Crippen LogP contribution in [0, 0.1) is 0 Å². The van der Waals surface area contributed by atoms with Gasteiger partial charge in [0.25, 0.3) is 0 Å². The molecule has 0 unspecified atom stereocenters. The summed E-state index contributed by atoms with van der Waals surface area (Å²) in [6, 6.07) is -0.136. The van der Waals surface area contributed by atoms with Crippen LogP contribution in [0.25, 0.3) is 0 Å². The van der Waals surface area contributed by atoms with Gasteiger partial charge in [0.05, 0.1) is 6.04 Å². The van der Waals surface area contributed by atoms with Gasteiger partial charge in [-0.05, 0) is 60.8 Å². The number of piperazine rings is 1. The van der Waals surface area contributed by atoms with Gasteiger partial charge in [0.15, 0.2) is 0 Å². The number of hydrogen-bond donors (Lipinski definition) is 1. The van der Waals surface area contributed by atoms with Crippen LogP contribution >= 0.6 is 0 Å². The highest BCUT2D eigenvalue weighted by Gasteiger charge is 2.35. The van der Waals surface area contributed by atoms with Crippen LogP contribution in [0.1, 0.15) is 60.8 Å². The van der Waals surface area contributed by atoms with E-state index in [4.69, 9.17) is 14.6 Å². The summed E-state index contributed by atoms with van der Waals surface area (Å²) in [5.41, 5.74) is -1.11. The van der Waals surface area contributed by atoms with E-state index < -0.39 is 11.2 Å². The number of nitrogens with zero attached hydrogens (tertiary/aromatic N) is 2. The number of ether oxygens (including phenoxy) is 2. The van der Waals surface area contributed by atoms with Crippen molar-refractivity contribution in [2.45, 2.75) is 78.0 Å². The second-order valence-corrected chi connectivity index (χ2v) is 8.47. The number of aliphatic hydroxyl groups is 1. The van der Waals surface area contributed by atoms with Crippen LogP contribution < -0.4 is 0 Å². The summed E-state index contributed by atoms with van der Waals surface area (Å²) in [7, 11) is 0. The fourth-order valence-electron chi connectivity index (χ4n) is 2.65. The summed E-state index contributed by atoms with van der Waals surface area (Å²) in [4.78, 5) is 28.2. The molecule has 1 N–H and O–H groups in total. The summed E-state index contributed by atoms with van der Waals surface area (Å²) in [5.74, 6) is 0. The maximum absolute atomic E-state index is 12.5. The lowest BCUT2D eigenvalue weighted by atomic mass is 10.1. The Hall–Kier alpha value is -1.50. The van der Waals surface area contributed by atoms with Crippen LogP contribution in [0.5, 0.6) is 0 Å². The molecule has 7 heteroatoms. The second-order valence-electron chi connectivity index (χ2n) is 8.47. The third-order valence-electron chi connectivity index (χ3n) is 3.71. The van der Waals surface area contributed by atoms with Gasteiger partial charge < -0.3 is 24.4 Å². The Labute approximate surface area is 151 Å². The van der Waals surface area contributed by atoms with Gasteiger partial charge in [-0.1, -0.05) is 0 Å². The summed E-state index contributed by atoms with van der Waals surface area (Å²) in [6.45, 7) is 12.4. The van der Waals surface area contributed by atoms with Gasteiger partial charge in [0.2, 0.25) is 0 Å². The van der Waals surface area contributed by atoms with Crippen LogP contribution in [-0.4, -0.2) is 70.6 Å². The lowest BCUT2D eigenvalue weighted by Crippen LogP contribution is -2.57. The van der Waals surface area contributed by atoms with E-state index in [1.807, 2.05) is 41.5 Å². The molecule has 0 bridgehead atoms. The Bertz CT molecular complexity index is 453. The molecule has 1 fully saturated rings. The van der Waals surface area contributed by atoms with Crippen molar-refractivity contribution in [1.29, 1.82) is 0 Å². The van der Waals surface area contributed by atoms with Crippen LogP contribution in [-0.2, 0) is 9.47 Å². The SMILES string of the molecule is CC(C)(C)OC(=O)N1CCN(C(=O)OC(C)(C)C)[C@@H](CCCCO)C1. The molecule has 0 aromatic heterocycles. The summed E-state index contributed by atoms with van der Waals surface area (Å²) < 4.78 is 10.9. The number of unbranched alkanes of at least 4 members (excludes halogenated alkanes) is 1. The molecule has 0 radical (unpaired) electrons. The minimum Gasteiger partial charge on any atom is -0.444 e. The predicted molar refractivity (Wildman–Crippen MR) is 95.5 cm³/mol. The number of aliphatic hydroxyl groups excluding tert-OH is 1. The Morgan fingerprint density at radius 2 is 1.52 bits per heavy atom. The van der Waals surface area contributed by atoms with Crippen molar-refractivity contribution in [3.8, 4) is 0 Å². The van der Waals surface area contributed by atoms with E-state index in [1.165, 1.54) is 0 Å². The zero-order valence-electron chi connectivity index (χ0n) is 16.5. The molecular weight excluding hydrogens is 324 g/mol. The molecule has 1 atom stereocenters. The minimum atomic E-state index is -0.560. The van der Waals surface area contributed by atoms with E-state index in [1.54, 1.807) is 9.80 Å². The van der Waals surface area contributed by atoms with E-state index in [0.717, 1.165) is 6.42 Å². The van der Waals surface area contributed by atoms with Crippen molar-refractivity contribution < 1.29 is 24.2 Å². The van der Waals surface area contributed by atoms with Crippen molar-refractivity contribution in [2.24, 2.45) is 0 Å². The monoisotopic (exact) mass is 358 g/mol. The van der Waals surface area contributed by atoms with Gasteiger partial charge in [0.1, 0.15) is 11.2 Å². The van der Waals surface area contributed by atoms with Crippen LogP contribution in [0.4, 0.5) is 9.59 Å². The molecule has 1 heterocycles. The van der Waals surface area contributed by atoms with Crippen molar-refractivity contribution in [3.05, 3.63) is 0 Å². The predicted octanol–water partition coefficient (Wildman–Crippen LogP) is 3.01. The highest BCUT2D eigenvalue weighted by atomic mass is 16.6. The molecule has 2 amide bonds. The maximum Gasteiger partial charge on any atom is 0.410 e. The number of carbonyl (C=O) groups excluding carboxylic acids is 2. The molecule has 1 saturated heterocycles. The minimum absolute atomic E-state index is 0.120. The van der Waals surface area contributed by atoms with Crippen LogP contribution in [0.2, 0.25) is 0 Å². The quantitative estimate of drug-likeness (QED) is 0.782. The molecule has 0 saturated carbocycles. The average molecular weight is 358 g/mol. The first-order valence-corrected chi connectivity index (χ1v) is 9.01. The zero-order valence-corrected chi connectivity index (χ0v) is 16.5. The van der Waals surface area contributed by atoms with E-state index in [2.05, 4.69) is 0 Å². The normalized spacial score (nSPS) is 18.9. The average Bonchev–Trinajstić information content (AvgIpc) is 2.43. The smallest absolute Gasteiger partial charge is 0.410 e. The zero-order chi connectivity index (χ0) is 19.3. The number of carbonyl (C=O) groups is 2. The van der Waals surface area contributed by atoms with E-state index >= 15 is 0 Å². The Balaban J connectivity index is 2.77. The van der Waals surface area contributed by atoms with Crippen molar-refractivity contribution in [1.82, 2.24) is 9.80 Å². The number of amides is 2. The summed E-state index contributed by atoms with van der Waals surface area (Å²) >= 11 is 0. The molecule has 146 valence electrons. The third kappa shape index (κ3) is 7.94. The van der Waals surface area contributed by atoms with Crippen LogP contribution in [0.3, 0.4) is 0 Å². The first-order valence-electron chi connectivity index (χ1n) is 9.01. The lowest BCUT2D eigenvalue weighted by Gasteiger charge is -2.42. The summed E-state index contributed by atoms with van der Waals surface area (Å²) in [6.07, 6.45) is 1.45. The molecule has 25 heavy (non-hydrogen) atoms. The first kappa shape index (κ1) is 21.5. The van der Waals surface area contributed by atoms with Gasteiger partial charge in [-0.3, -0.25) is 0 Å². The molecule has 0 aromatic carbocycles. The molecule has 7 nitrogen and oxygen atoms in total. The van der Waals surface area contributed by atoms with Gasteiger partial charge in [-0.25, -0.2) is 9.59 Å². The van der Waals surface area contributed by atoms with Crippen LogP contribution in [0.15, 0.2) is 0 Å². The van der Waals surface area contributed by atoms with Crippen molar-refractivity contribution in [2.75, 3.05) is 26.2 Å². The molecule has 0 spiro atoms. The highest BCUT2D eigenvalue weighted by Crippen LogP contribution is 2.21.